The minimum atomic E-state index is -1.13. The highest BCUT2D eigenvalue weighted by Gasteiger charge is 2.08. The fourth-order valence-electron chi connectivity index (χ4n) is 0.709. The number of ether oxygens (including phenoxy) is 1. The Bertz CT molecular complexity index is 384. The van der Waals surface area contributed by atoms with Gasteiger partial charge in [0, 0.05) is 6.20 Å². The predicted molar refractivity (Wildman–Crippen MR) is 47.9 cm³/mol. The van der Waals surface area contributed by atoms with E-state index < -0.39 is 12.1 Å². The van der Waals surface area contributed by atoms with Gasteiger partial charge in [-0.15, -0.1) is 6.42 Å². The van der Waals surface area contributed by atoms with Crippen LogP contribution in [-0.4, -0.2) is 27.1 Å². The lowest BCUT2D eigenvalue weighted by Gasteiger charge is -2.05. The minimum absolute atomic E-state index is 0.0321. The van der Waals surface area contributed by atoms with Crippen molar-refractivity contribution in [1.82, 2.24) is 9.97 Å². The highest BCUT2D eigenvalue weighted by molar-refractivity contribution is 5.85. The lowest BCUT2D eigenvalue weighted by atomic mass is 10.4. The monoisotopic (exact) mass is 192 g/mol. The largest absolute Gasteiger partial charge is 0.477 e. The average molecular weight is 192 g/mol. The van der Waals surface area contributed by atoms with E-state index >= 15 is 0 Å². The molecule has 1 atom stereocenters. The van der Waals surface area contributed by atoms with Gasteiger partial charge < -0.3 is 9.84 Å². The fraction of sp³-hybridized carbons (Fsp3) is 0.222. The molecule has 1 aromatic rings. The van der Waals surface area contributed by atoms with Crippen molar-refractivity contribution >= 4 is 5.97 Å². The number of hydrogen-bond acceptors (Lipinski definition) is 4. The van der Waals surface area contributed by atoms with Gasteiger partial charge in [-0.2, -0.15) is 4.98 Å². The van der Waals surface area contributed by atoms with E-state index in [9.17, 15) is 4.79 Å². The normalized spacial score (nSPS) is 11.4. The molecular weight excluding hydrogens is 184 g/mol. The second kappa shape index (κ2) is 4.23. The van der Waals surface area contributed by atoms with E-state index in [1.54, 1.807) is 6.92 Å². The Morgan fingerprint density at radius 2 is 2.50 bits per heavy atom. The molecule has 0 aliphatic rings. The molecule has 1 heterocycles. The highest BCUT2D eigenvalue weighted by Crippen LogP contribution is 2.04. The molecular formula is C9H8N2O3. The van der Waals surface area contributed by atoms with E-state index in [0.717, 1.165) is 0 Å². The van der Waals surface area contributed by atoms with Gasteiger partial charge >= 0.3 is 12.0 Å². The zero-order valence-electron chi connectivity index (χ0n) is 7.47. The zero-order chi connectivity index (χ0) is 10.6. The fourth-order valence-corrected chi connectivity index (χ4v) is 0.709. The number of terminal acetylenes is 1. The van der Waals surface area contributed by atoms with Gasteiger partial charge in [0.1, 0.15) is 0 Å². The van der Waals surface area contributed by atoms with Crippen LogP contribution in [0.15, 0.2) is 12.3 Å². The maximum absolute atomic E-state index is 10.5. The quantitative estimate of drug-likeness (QED) is 0.709. The van der Waals surface area contributed by atoms with Crippen LogP contribution >= 0.6 is 0 Å². The molecule has 5 nitrogen and oxygen atoms in total. The molecule has 0 aliphatic heterocycles. The minimum Gasteiger partial charge on any atom is -0.477 e. The summed E-state index contributed by atoms with van der Waals surface area (Å²) < 4.78 is 5.03. The van der Waals surface area contributed by atoms with Crippen LogP contribution in [0.1, 0.15) is 17.4 Å². The van der Waals surface area contributed by atoms with Crippen molar-refractivity contribution in [2.45, 2.75) is 13.0 Å². The Morgan fingerprint density at radius 1 is 1.79 bits per heavy atom. The summed E-state index contributed by atoms with van der Waals surface area (Å²) in [6.07, 6.45) is 5.88. The van der Waals surface area contributed by atoms with E-state index in [-0.39, 0.29) is 11.7 Å². The molecule has 0 radical (unpaired) electrons. The summed E-state index contributed by atoms with van der Waals surface area (Å²) in [6, 6.07) is 1.24. The number of hydrogen-bond donors (Lipinski definition) is 1. The van der Waals surface area contributed by atoms with Crippen molar-refractivity contribution in [3.05, 3.63) is 18.0 Å². The molecule has 1 unspecified atom stereocenters. The molecule has 14 heavy (non-hydrogen) atoms. The van der Waals surface area contributed by atoms with Crippen molar-refractivity contribution in [2.75, 3.05) is 0 Å². The van der Waals surface area contributed by atoms with Gasteiger partial charge in [-0.1, -0.05) is 5.92 Å². The molecule has 5 heteroatoms. The number of carboxylic acids is 1. The maximum Gasteiger partial charge on any atom is 0.354 e. The Kier molecular flexibility index (Phi) is 3.02. The number of carbonyl (C=O) groups is 1. The van der Waals surface area contributed by atoms with Crippen molar-refractivity contribution < 1.29 is 14.6 Å². The third kappa shape index (κ3) is 2.45. The number of aromatic carboxylic acids is 1. The predicted octanol–water partition coefficient (Wildman–Crippen LogP) is 0.575. The van der Waals surface area contributed by atoms with Crippen molar-refractivity contribution in [3.8, 4) is 18.4 Å². The van der Waals surface area contributed by atoms with Gasteiger partial charge in [0.05, 0.1) is 0 Å². The summed E-state index contributed by atoms with van der Waals surface area (Å²) >= 11 is 0. The Balaban J connectivity index is 2.85. The molecule has 1 rings (SSSR count). The molecule has 0 saturated heterocycles. The summed E-state index contributed by atoms with van der Waals surface area (Å²) in [4.78, 5) is 17.9. The first-order valence-corrected chi connectivity index (χ1v) is 3.82. The summed E-state index contributed by atoms with van der Waals surface area (Å²) in [7, 11) is 0. The standard InChI is InChI=1S/C9H8N2O3/c1-3-6(2)14-9-10-5-4-7(11-9)8(12)13/h1,4-6H,2H3,(H,12,13). The topological polar surface area (TPSA) is 72.3 Å². The first kappa shape index (κ1) is 9.99. The second-order valence-corrected chi connectivity index (χ2v) is 2.46. The molecule has 0 saturated carbocycles. The van der Waals surface area contributed by atoms with E-state index in [1.165, 1.54) is 12.3 Å². The summed E-state index contributed by atoms with van der Waals surface area (Å²) in [5.41, 5.74) is -0.126. The van der Waals surface area contributed by atoms with Crippen LogP contribution in [-0.2, 0) is 0 Å². The van der Waals surface area contributed by atoms with Crippen LogP contribution in [0.3, 0.4) is 0 Å². The van der Waals surface area contributed by atoms with Gasteiger partial charge in [-0.3, -0.25) is 0 Å². The molecule has 72 valence electrons. The van der Waals surface area contributed by atoms with E-state index in [0.29, 0.717) is 0 Å². The van der Waals surface area contributed by atoms with Gasteiger partial charge in [-0.25, -0.2) is 9.78 Å². The molecule has 0 aromatic carbocycles. The first-order valence-electron chi connectivity index (χ1n) is 3.82. The Hall–Kier alpha value is -2.09. The number of rotatable bonds is 3. The lowest BCUT2D eigenvalue weighted by Crippen LogP contribution is -2.12. The van der Waals surface area contributed by atoms with Crippen LogP contribution in [0.5, 0.6) is 6.01 Å². The van der Waals surface area contributed by atoms with Crippen LogP contribution in [0.4, 0.5) is 0 Å². The molecule has 0 spiro atoms. The van der Waals surface area contributed by atoms with Gasteiger partial charge in [0.25, 0.3) is 0 Å². The van der Waals surface area contributed by atoms with Crippen molar-refractivity contribution in [1.29, 1.82) is 0 Å². The van der Waals surface area contributed by atoms with Gasteiger partial charge in [0.2, 0.25) is 0 Å². The maximum atomic E-state index is 10.5. The SMILES string of the molecule is C#CC(C)Oc1nccc(C(=O)O)n1. The second-order valence-electron chi connectivity index (χ2n) is 2.46. The van der Waals surface area contributed by atoms with E-state index in [2.05, 4.69) is 15.9 Å². The Morgan fingerprint density at radius 3 is 3.07 bits per heavy atom. The van der Waals surface area contributed by atoms with Crippen LogP contribution in [0, 0.1) is 12.3 Å². The third-order valence-corrected chi connectivity index (χ3v) is 1.37. The molecule has 0 bridgehead atoms. The summed E-state index contributed by atoms with van der Waals surface area (Å²) in [5.74, 6) is 1.18. The molecule has 1 N–H and O–H groups in total. The molecule has 0 amide bonds. The van der Waals surface area contributed by atoms with Crippen molar-refractivity contribution in [3.63, 3.8) is 0 Å². The Labute approximate surface area is 80.8 Å². The van der Waals surface area contributed by atoms with E-state index in [1.807, 2.05) is 0 Å². The van der Waals surface area contributed by atoms with Crippen LogP contribution < -0.4 is 4.74 Å². The third-order valence-electron chi connectivity index (χ3n) is 1.37. The number of aromatic nitrogens is 2. The molecule has 1 aromatic heterocycles. The average Bonchev–Trinajstić information content (AvgIpc) is 2.18. The van der Waals surface area contributed by atoms with Crippen LogP contribution in [0.25, 0.3) is 0 Å². The summed E-state index contributed by atoms with van der Waals surface area (Å²) in [6.45, 7) is 1.64. The summed E-state index contributed by atoms with van der Waals surface area (Å²) in [5, 5.41) is 8.61. The van der Waals surface area contributed by atoms with Gasteiger partial charge in [0.15, 0.2) is 11.8 Å². The van der Waals surface area contributed by atoms with E-state index in [4.69, 9.17) is 16.3 Å². The molecule has 0 aliphatic carbocycles. The first-order chi connectivity index (χ1) is 6.63. The zero-order valence-corrected chi connectivity index (χ0v) is 7.47. The smallest absolute Gasteiger partial charge is 0.354 e. The number of carboxylic acid groups (broad SMARTS) is 1. The number of nitrogens with zero attached hydrogens (tertiary/aromatic N) is 2. The van der Waals surface area contributed by atoms with Gasteiger partial charge in [-0.05, 0) is 13.0 Å². The van der Waals surface area contributed by atoms with Crippen LogP contribution in [0.2, 0.25) is 0 Å². The highest BCUT2D eigenvalue weighted by atomic mass is 16.5. The lowest BCUT2D eigenvalue weighted by molar-refractivity contribution is 0.0688. The molecule has 0 fully saturated rings. The van der Waals surface area contributed by atoms with Crippen molar-refractivity contribution in [2.24, 2.45) is 0 Å².